The molecule has 1 saturated heterocycles. The molecule has 1 fully saturated rings. The quantitative estimate of drug-likeness (QED) is 0.812. The van der Waals surface area contributed by atoms with Crippen molar-refractivity contribution in [1.29, 1.82) is 0 Å². The number of carbonyl (C=O) groups excluding carboxylic acids is 1. The van der Waals surface area contributed by atoms with Crippen LogP contribution in [0.2, 0.25) is 0 Å². The monoisotopic (exact) mass is 335 g/mol. The number of ether oxygens (including phenoxy) is 1. The lowest BCUT2D eigenvalue weighted by molar-refractivity contribution is -0.138. The molecule has 0 aliphatic carbocycles. The van der Waals surface area contributed by atoms with Crippen LogP contribution in [0.5, 0.6) is 0 Å². The molecule has 1 aromatic rings. The molecule has 5 nitrogen and oxygen atoms in total. The van der Waals surface area contributed by atoms with Crippen molar-refractivity contribution in [3.63, 3.8) is 0 Å². The molecule has 130 valence electrons. The normalized spacial score (nSPS) is 16.0. The third-order valence-corrected chi connectivity index (χ3v) is 4.10. The molecule has 6 heteroatoms. The molecule has 1 amide bonds. The van der Waals surface area contributed by atoms with Gasteiger partial charge in [-0.25, -0.2) is 4.39 Å². The second kappa shape index (κ2) is 8.59. The number of amides is 1. The van der Waals surface area contributed by atoms with Gasteiger partial charge in [0.05, 0.1) is 6.42 Å². The van der Waals surface area contributed by atoms with Gasteiger partial charge in [-0.05, 0) is 43.0 Å². The highest BCUT2D eigenvalue weighted by molar-refractivity contribution is 5.95. The zero-order valence-corrected chi connectivity index (χ0v) is 13.7. The predicted molar refractivity (Wildman–Crippen MR) is 87.9 cm³/mol. The van der Waals surface area contributed by atoms with E-state index < -0.39 is 5.97 Å². The van der Waals surface area contributed by atoms with Crippen LogP contribution >= 0.6 is 0 Å². The zero-order valence-electron chi connectivity index (χ0n) is 13.7. The highest BCUT2D eigenvalue weighted by Gasteiger charge is 2.25. The van der Waals surface area contributed by atoms with Gasteiger partial charge in [-0.2, -0.15) is 0 Å². The summed E-state index contributed by atoms with van der Waals surface area (Å²) in [4.78, 5) is 25.1. The molecule has 1 heterocycles. The van der Waals surface area contributed by atoms with Crippen molar-refractivity contribution in [2.24, 2.45) is 0 Å². The highest BCUT2D eigenvalue weighted by Crippen LogP contribution is 2.19. The number of hydrogen-bond donors (Lipinski definition) is 1. The Bertz CT molecular complexity index is 623. The average molecular weight is 335 g/mol. The Labute approximate surface area is 140 Å². The SMILES string of the molecule is C/C(=C/C(=O)N(CCC(=O)O)C1CCOCC1)c1cccc(F)c1. The molecule has 1 N–H and O–H groups in total. The van der Waals surface area contributed by atoms with Crippen molar-refractivity contribution >= 4 is 17.4 Å². The van der Waals surface area contributed by atoms with Crippen LogP contribution in [0, 0.1) is 5.82 Å². The first-order valence-corrected chi connectivity index (χ1v) is 8.01. The number of benzene rings is 1. The van der Waals surface area contributed by atoms with E-state index in [1.165, 1.54) is 18.2 Å². The van der Waals surface area contributed by atoms with Gasteiger partial charge in [-0.15, -0.1) is 0 Å². The first-order chi connectivity index (χ1) is 11.5. The summed E-state index contributed by atoms with van der Waals surface area (Å²) in [6.45, 7) is 3.03. The molecule has 0 aromatic heterocycles. The first kappa shape index (κ1) is 18.1. The zero-order chi connectivity index (χ0) is 17.5. The van der Waals surface area contributed by atoms with Gasteiger partial charge in [0.2, 0.25) is 5.91 Å². The lowest BCUT2D eigenvalue weighted by Gasteiger charge is -2.33. The maximum Gasteiger partial charge on any atom is 0.305 e. The Morgan fingerprint density at radius 1 is 1.38 bits per heavy atom. The Morgan fingerprint density at radius 3 is 2.71 bits per heavy atom. The second-order valence-corrected chi connectivity index (χ2v) is 5.86. The van der Waals surface area contributed by atoms with E-state index >= 15 is 0 Å². The van der Waals surface area contributed by atoms with Gasteiger partial charge < -0.3 is 14.7 Å². The molecule has 1 aliphatic heterocycles. The van der Waals surface area contributed by atoms with Gasteiger partial charge in [-0.1, -0.05) is 12.1 Å². The summed E-state index contributed by atoms with van der Waals surface area (Å²) >= 11 is 0. The highest BCUT2D eigenvalue weighted by atomic mass is 19.1. The Balaban J connectivity index is 2.15. The maximum absolute atomic E-state index is 13.3. The summed E-state index contributed by atoms with van der Waals surface area (Å²) in [7, 11) is 0. The molecule has 0 atom stereocenters. The molecule has 0 bridgehead atoms. The second-order valence-electron chi connectivity index (χ2n) is 5.86. The smallest absolute Gasteiger partial charge is 0.305 e. The van der Waals surface area contributed by atoms with Crippen molar-refractivity contribution in [2.75, 3.05) is 19.8 Å². The van der Waals surface area contributed by atoms with E-state index in [0.717, 1.165) is 0 Å². The predicted octanol–water partition coefficient (Wildman–Crippen LogP) is 2.71. The van der Waals surface area contributed by atoms with E-state index in [1.54, 1.807) is 24.0 Å². The minimum absolute atomic E-state index is 0.0258. The van der Waals surface area contributed by atoms with Crippen molar-refractivity contribution in [1.82, 2.24) is 4.90 Å². The van der Waals surface area contributed by atoms with Crippen LogP contribution in [0.3, 0.4) is 0 Å². The average Bonchev–Trinajstić information content (AvgIpc) is 2.55. The molecule has 0 spiro atoms. The van der Waals surface area contributed by atoms with Crippen molar-refractivity contribution in [3.8, 4) is 0 Å². The van der Waals surface area contributed by atoms with Crippen LogP contribution in [0.1, 0.15) is 31.7 Å². The van der Waals surface area contributed by atoms with Crippen LogP contribution in [0.25, 0.3) is 5.57 Å². The molecule has 0 saturated carbocycles. The number of carbonyl (C=O) groups is 2. The summed E-state index contributed by atoms with van der Waals surface area (Å²) in [6, 6.07) is 6.02. The summed E-state index contributed by atoms with van der Waals surface area (Å²) in [6.07, 6.45) is 2.73. The van der Waals surface area contributed by atoms with Crippen LogP contribution in [-0.4, -0.2) is 47.7 Å². The fraction of sp³-hybridized carbons (Fsp3) is 0.444. The van der Waals surface area contributed by atoms with E-state index in [4.69, 9.17) is 9.84 Å². The van der Waals surface area contributed by atoms with Crippen LogP contribution in [-0.2, 0) is 14.3 Å². The summed E-state index contributed by atoms with van der Waals surface area (Å²) < 4.78 is 18.6. The van der Waals surface area contributed by atoms with Crippen molar-refractivity contribution < 1.29 is 23.8 Å². The Morgan fingerprint density at radius 2 is 2.08 bits per heavy atom. The number of rotatable bonds is 6. The number of halogens is 1. The molecule has 1 aliphatic rings. The largest absolute Gasteiger partial charge is 0.481 e. The fourth-order valence-corrected chi connectivity index (χ4v) is 2.77. The molecule has 2 rings (SSSR count). The maximum atomic E-state index is 13.3. The topological polar surface area (TPSA) is 66.8 Å². The lowest BCUT2D eigenvalue weighted by atomic mass is 10.0. The Hall–Kier alpha value is -2.21. The van der Waals surface area contributed by atoms with Gasteiger partial charge in [0.1, 0.15) is 5.82 Å². The Kier molecular flexibility index (Phi) is 6.49. The third kappa shape index (κ3) is 5.16. The van der Waals surface area contributed by atoms with Crippen LogP contribution in [0.4, 0.5) is 4.39 Å². The minimum atomic E-state index is -0.939. The van der Waals surface area contributed by atoms with Crippen molar-refractivity contribution in [3.05, 3.63) is 41.7 Å². The minimum Gasteiger partial charge on any atom is -0.481 e. The van der Waals surface area contributed by atoms with E-state index in [2.05, 4.69) is 0 Å². The number of carboxylic acid groups (broad SMARTS) is 1. The molecule has 0 unspecified atom stereocenters. The molecular formula is C18H22FNO4. The molecule has 0 radical (unpaired) electrons. The number of nitrogens with zero attached hydrogens (tertiary/aromatic N) is 1. The van der Waals surface area contributed by atoms with E-state index in [1.807, 2.05) is 0 Å². The van der Waals surface area contributed by atoms with Crippen molar-refractivity contribution in [2.45, 2.75) is 32.2 Å². The fourth-order valence-electron chi connectivity index (χ4n) is 2.77. The number of allylic oxidation sites excluding steroid dienone is 1. The third-order valence-electron chi connectivity index (χ3n) is 4.10. The van der Waals surface area contributed by atoms with Crippen LogP contribution in [0.15, 0.2) is 30.3 Å². The van der Waals surface area contributed by atoms with E-state index in [-0.39, 0.29) is 30.7 Å². The van der Waals surface area contributed by atoms with Gasteiger partial charge in [0.25, 0.3) is 0 Å². The molecular weight excluding hydrogens is 313 g/mol. The number of carboxylic acids is 1. The van der Waals surface area contributed by atoms with Gasteiger partial charge in [-0.3, -0.25) is 9.59 Å². The number of hydrogen-bond acceptors (Lipinski definition) is 3. The van der Waals surface area contributed by atoms with Gasteiger partial charge in [0.15, 0.2) is 0 Å². The summed E-state index contributed by atoms with van der Waals surface area (Å²) in [5, 5.41) is 8.91. The number of aliphatic carboxylic acids is 1. The van der Waals surface area contributed by atoms with E-state index in [9.17, 15) is 14.0 Å². The van der Waals surface area contributed by atoms with E-state index in [0.29, 0.717) is 37.2 Å². The summed E-state index contributed by atoms with van der Waals surface area (Å²) in [5.41, 5.74) is 1.28. The summed E-state index contributed by atoms with van der Waals surface area (Å²) in [5.74, 6) is -1.55. The standard InChI is InChI=1S/C18H22FNO4/c1-13(14-3-2-4-15(19)12-14)11-17(21)20(8-5-18(22)23)16-6-9-24-10-7-16/h2-4,11-12,16H,5-10H2,1H3,(H,22,23)/b13-11-. The first-order valence-electron chi connectivity index (χ1n) is 8.01. The van der Waals surface area contributed by atoms with Gasteiger partial charge >= 0.3 is 5.97 Å². The van der Waals surface area contributed by atoms with Crippen LogP contribution < -0.4 is 0 Å². The lowest BCUT2D eigenvalue weighted by Crippen LogP contribution is -2.43. The molecule has 1 aromatic carbocycles. The molecule has 24 heavy (non-hydrogen) atoms. The van der Waals surface area contributed by atoms with Gasteiger partial charge in [0, 0.05) is 31.9 Å².